The van der Waals surface area contributed by atoms with Crippen LogP contribution in [0.2, 0.25) is 0 Å². The Morgan fingerprint density at radius 1 is 1.22 bits per heavy atom. The van der Waals surface area contributed by atoms with Crippen LogP contribution in [0.15, 0.2) is 47.9 Å². The number of pyridine rings is 1. The molecule has 4 aromatic rings. The molecule has 0 aliphatic carbocycles. The maximum Gasteiger partial charge on any atom is 0.401 e. The molecule has 12 heteroatoms. The number of carbonyl (C=O) groups is 2. The lowest BCUT2D eigenvalue weighted by Crippen LogP contribution is -2.39. The van der Waals surface area contributed by atoms with Crippen molar-refractivity contribution in [1.82, 2.24) is 25.0 Å². The first-order valence-corrected chi connectivity index (χ1v) is 14.8. The van der Waals surface area contributed by atoms with Crippen LogP contribution in [0, 0.1) is 11.7 Å². The maximum absolute atomic E-state index is 14.1. The molecule has 1 aliphatic heterocycles. The number of carbonyl (C=O) groups excluding carboxylic acids is 2. The van der Waals surface area contributed by atoms with Crippen LogP contribution >= 0.6 is 0 Å². The number of hydrogen-bond donors (Lipinski definition) is 2. The van der Waals surface area contributed by atoms with Crippen molar-refractivity contribution < 1.29 is 27.2 Å². The number of aromatic nitrogens is 3. The van der Waals surface area contributed by atoms with Gasteiger partial charge in [-0.25, -0.2) is 4.39 Å². The standard InChI is InChI=1S/C33H35F4N5O3/c1-19(2)24-14-23(27(26-15-38-40-31(24)26)16-41(3)18-33(35,36)37)11-20(17-43)12-29(44)42-9-7-21(8-10-42)25-13-22-5-4-6-28(34)30(22)39-32(25)45/h4-6,13-15,17,20-21H,1,7-12,16,18H2,2-3H3,(H,38,40)(H,39,45). The van der Waals surface area contributed by atoms with Gasteiger partial charge < -0.3 is 14.7 Å². The molecule has 0 bridgehead atoms. The third-order valence-corrected chi connectivity index (χ3v) is 8.53. The van der Waals surface area contributed by atoms with Gasteiger partial charge in [-0.1, -0.05) is 18.7 Å². The number of para-hydroxylation sites is 1. The quantitative estimate of drug-likeness (QED) is 0.173. The molecule has 2 aromatic heterocycles. The summed E-state index contributed by atoms with van der Waals surface area (Å²) >= 11 is 0. The van der Waals surface area contributed by atoms with E-state index in [1.54, 1.807) is 29.3 Å². The summed E-state index contributed by atoms with van der Waals surface area (Å²) in [6.07, 6.45) is -0.926. The van der Waals surface area contributed by atoms with Gasteiger partial charge in [0.05, 0.1) is 23.8 Å². The number of H-pyrrole nitrogens is 2. The van der Waals surface area contributed by atoms with Gasteiger partial charge in [-0.2, -0.15) is 18.3 Å². The minimum atomic E-state index is -4.38. The molecule has 45 heavy (non-hydrogen) atoms. The van der Waals surface area contributed by atoms with Gasteiger partial charge in [0.25, 0.3) is 5.56 Å². The van der Waals surface area contributed by atoms with E-state index in [9.17, 15) is 31.9 Å². The number of fused-ring (bicyclic) bond motifs is 2. The van der Waals surface area contributed by atoms with E-state index in [1.165, 1.54) is 13.1 Å². The molecule has 1 unspecified atom stereocenters. The Morgan fingerprint density at radius 2 is 1.96 bits per heavy atom. The van der Waals surface area contributed by atoms with Crippen molar-refractivity contribution in [2.24, 2.45) is 5.92 Å². The molecular formula is C33H35F4N5O3. The number of aromatic amines is 2. The van der Waals surface area contributed by atoms with E-state index >= 15 is 0 Å². The van der Waals surface area contributed by atoms with Crippen LogP contribution in [0.25, 0.3) is 27.4 Å². The Balaban J connectivity index is 1.30. The number of piperidine rings is 1. The first-order valence-electron chi connectivity index (χ1n) is 14.8. The van der Waals surface area contributed by atoms with E-state index in [0.29, 0.717) is 58.9 Å². The summed E-state index contributed by atoms with van der Waals surface area (Å²) in [5.74, 6) is -1.52. The molecule has 1 aliphatic rings. The molecular weight excluding hydrogens is 590 g/mol. The zero-order valence-corrected chi connectivity index (χ0v) is 25.1. The number of nitrogens with zero attached hydrogens (tertiary/aromatic N) is 3. The zero-order chi connectivity index (χ0) is 32.5. The van der Waals surface area contributed by atoms with Crippen LogP contribution in [-0.4, -0.2) is 70.0 Å². The molecule has 238 valence electrons. The van der Waals surface area contributed by atoms with Crippen LogP contribution in [0.4, 0.5) is 17.6 Å². The predicted molar refractivity (Wildman–Crippen MR) is 164 cm³/mol. The summed E-state index contributed by atoms with van der Waals surface area (Å²) < 4.78 is 53.5. The topological polar surface area (TPSA) is 102 Å². The van der Waals surface area contributed by atoms with E-state index in [4.69, 9.17) is 0 Å². The van der Waals surface area contributed by atoms with Gasteiger partial charge in [-0.15, -0.1) is 0 Å². The number of aldehydes is 1. The highest BCUT2D eigenvalue weighted by molar-refractivity contribution is 5.93. The Labute approximate surface area is 257 Å². The molecule has 1 atom stereocenters. The molecule has 1 saturated heterocycles. The number of hydrogen-bond acceptors (Lipinski definition) is 5. The summed E-state index contributed by atoms with van der Waals surface area (Å²) in [4.78, 5) is 43.8. The van der Waals surface area contributed by atoms with Gasteiger partial charge in [-0.05, 0) is 74.1 Å². The molecule has 2 aromatic carbocycles. The number of halogens is 4. The number of likely N-dealkylation sites (tertiary alicyclic amines) is 1. The van der Waals surface area contributed by atoms with Crippen molar-refractivity contribution in [3.63, 3.8) is 0 Å². The fourth-order valence-electron chi connectivity index (χ4n) is 6.32. The highest BCUT2D eigenvalue weighted by atomic mass is 19.4. The first-order chi connectivity index (χ1) is 21.3. The lowest BCUT2D eigenvalue weighted by Gasteiger charge is -2.32. The average molecular weight is 626 g/mol. The molecule has 8 nitrogen and oxygen atoms in total. The summed E-state index contributed by atoms with van der Waals surface area (Å²) in [5, 5.41) is 8.27. The fraction of sp³-hybridized carbons (Fsp3) is 0.394. The van der Waals surface area contributed by atoms with Gasteiger partial charge in [0.2, 0.25) is 5.91 Å². The molecule has 1 fully saturated rings. The van der Waals surface area contributed by atoms with E-state index in [2.05, 4.69) is 21.8 Å². The Kier molecular flexibility index (Phi) is 9.24. The second-order valence-corrected chi connectivity index (χ2v) is 12.0. The third-order valence-electron chi connectivity index (χ3n) is 8.53. The predicted octanol–water partition coefficient (Wildman–Crippen LogP) is 5.72. The second kappa shape index (κ2) is 13.0. The number of rotatable bonds is 10. The summed E-state index contributed by atoms with van der Waals surface area (Å²) in [7, 11) is 1.38. The number of amides is 1. The number of allylic oxidation sites excluding steroid dienone is 1. The maximum atomic E-state index is 14.1. The molecule has 0 spiro atoms. The monoisotopic (exact) mass is 625 g/mol. The van der Waals surface area contributed by atoms with Crippen LogP contribution in [0.5, 0.6) is 0 Å². The summed E-state index contributed by atoms with van der Waals surface area (Å²) in [6, 6.07) is 8.14. The lowest BCUT2D eigenvalue weighted by atomic mass is 9.87. The van der Waals surface area contributed by atoms with Gasteiger partial charge in [0, 0.05) is 53.9 Å². The molecule has 0 radical (unpaired) electrons. The third kappa shape index (κ3) is 7.16. The van der Waals surface area contributed by atoms with Crippen molar-refractivity contribution in [2.45, 2.75) is 51.2 Å². The van der Waals surface area contributed by atoms with Crippen LogP contribution in [-0.2, 0) is 22.6 Å². The van der Waals surface area contributed by atoms with Crippen LogP contribution < -0.4 is 5.56 Å². The van der Waals surface area contributed by atoms with Crippen LogP contribution in [0.3, 0.4) is 0 Å². The number of nitrogens with one attached hydrogen (secondary N) is 2. The summed E-state index contributed by atoms with van der Waals surface area (Å²) in [5.41, 5.74) is 3.75. The highest BCUT2D eigenvalue weighted by Gasteiger charge is 2.31. The smallest absolute Gasteiger partial charge is 0.343 e. The van der Waals surface area contributed by atoms with Crippen molar-refractivity contribution in [3.8, 4) is 0 Å². The molecule has 2 N–H and O–H groups in total. The van der Waals surface area contributed by atoms with Crippen molar-refractivity contribution in [3.05, 3.63) is 81.5 Å². The molecule has 3 heterocycles. The van der Waals surface area contributed by atoms with Gasteiger partial charge in [0.1, 0.15) is 12.1 Å². The Hall–Kier alpha value is -4.32. The number of alkyl halides is 3. The van der Waals surface area contributed by atoms with Crippen LogP contribution in [0.1, 0.15) is 54.4 Å². The van der Waals surface area contributed by atoms with E-state index in [-0.39, 0.29) is 42.3 Å². The van der Waals surface area contributed by atoms with Gasteiger partial charge in [-0.3, -0.25) is 19.6 Å². The van der Waals surface area contributed by atoms with E-state index < -0.39 is 24.5 Å². The minimum absolute atomic E-state index is 0.0328. The molecule has 1 amide bonds. The highest BCUT2D eigenvalue weighted by Crippen LogP contribution is 2.33. The fourth-order valence-corrected chi connectivity index (χ4v) is 6.32. The minimum Gasteiger partial charge on any atom is -0.343 e. The summed E-state index contributed by atoms with van der Waals surface area (Å²) in [6.45, 7) is 5.47. The average Bonchev–Trinajstić information content (AvgIpc) is 3.47. The lowest BCUT2D eigenvalue weighted by molar-refractivity contribution is -0.144. The Bertz CT molecular complexity index is 1800. The first kappa shape index (κ1) is 32.1. The second-order valence-electron chi connectivity index (χ2n) is 12.0. The molecule has 5 rings (SSSR count). The van der Waals surface area contributed by atoms with E-state index in [0.717, 1.165) is 22.3 Å². The Morgan fingerprint density at radius 3 is 2.62 bits per heavy atom. The van der Waals surface area contributed by atoms with Crippen molar-refractivity contribution in [2.75, 3.05) is 26.7 Å². The SMILES string of the molecule is C=C(C)c1cc(CC(C=O)CC(=O)N2CCC(c3cc4cccc(F)c4[nH]c3=O)CC2)c(CN(C)CC(F)(F)F)c2cn[nH]c12. The van der Waals surface area contributed by atoms with E-state index in [1.807, 2.05) is 13.0 Å². The normalized spacial score (nSPS) is 15.2. The van der Waals surface area contributed by atoms with Gasteiger partial charge >= 0.3 is 6.18 Å². The van der Waals surface area contributed by atoms with Crippen molar-refractivity contribution >= 4 is 39.6 Å². The zero-order valence-electron chi connectivity index (χ0n) is 25.1. The van der Waals surface area contributed by atoms with Gasteiger partial charge in [0.15, 0.2) is 0 Å². The number of benzene rings is 2. The largest absolute Gasteiger partial charge is 0.401 e. The molecule has 0 saturated carbocycles. The van der Waals surface area contributed by atoms with Crippen molar-refractivity contribution in [1.29, 1.82) is 0 Å².